The van der Waals surface area contributed by atoms with Crippen LogP contribution in [0.2, 0.25) is 0 Å². The summed E-state index contributed by atoms with van der Waals surface area (Å²) in [6.07, 6.45) is 4.53. The third-order valence-corrected chi connectivity index (χ3v) is 4.28. The molecule has 1 aliphatic carbocycles. The van der Waals surface area contributed by atoms with E-state index in [1.165, 1.54) is 17.2 Å². The summed E-state index contributed by atoms with van der Waals surface area (Å²) in [7, 11) is 0. The van der Waals surface area contributed by atoms with Gasteiger partial charge in [-0.15, -0.1) is 5.10 Å². The number of amides is 2. The molecule has 2 aromatic heterocycles. The molecule has 0 radical (unpaired) electrons. The molecule has 0 spiro atoms. The van der Waals surface area contributed by atoms with Crippen LogP contribution in [0.25, 0.3) is 11.3 Å². The van der Waals surface area contributed by atoms with Crippen molar-refractivity contribution >= 4 is 11.8 Å². The quantitative estimate of drug-likeness (QED) is 0.758. The minimum Gasteiger partial charge on any atom is -0.364 e. The Kier molecular flexibility index (Phi) is 3.53. The summed E-state index contributed by atoms with van der Waals surface area (Å²) < 4.78 is 0. The van der Waals surface area contributed by atoms with Crippen molar-refractivity contribution in [2.75, 3.05) is 5.43 Å². The number of hydrogen-bond acceptors (Lipinski definition) is 4. The number of aryl methyl sites for hydroxylation is 1. The van der Waals surface area contributed by atoms with Gasteiger partial charge in [0.1, 0.15) is 0 Å². The first-order valence-corrected chi connectivity index (χ1v) is 7.86. The van der Waals surface area contributed by atoms with Crippen molar-refractivity contribution in [2.24, 2.45) is 5.73 Å². The maximum atomic E-state index is 12.5. The SMILES string of the molecule is NC(=O)c1nn(NC(=O)c2ccncc2)c2c1CCc1ccccc1-2. The molecular formula is C18H15N5O2. The van der Waals surface area contributed by atoms with Crippen molar-refractivity contribution in [2.45, 2.75) is 12.8 Å². The van der Waals surface area contributed by atoms with Gasteiger partial charge in [-0.25, -0.2) is 5.43 Å². The summed E-state index contributed by atoms with van der Waals surface area (Å²) in [4.78, 5) is 29.5. The molecule has 124 valence electrons. The number of benzene rings is 1. The monoisotopic (exact) mass is 333 g/mol. The molecule has 0 bridgehead atoms. The number of carbonyl (C=O) groups excluding carboxylic acids is 2. The number of rotatable bonds is 3. The fourth-order valence-electron chi connectivity index (χ4n) is 3.14. The van der Waals surface area contributed by atoms with E-state index < -0.39 is 5.91 Å². The van der Waals surface area contributed by atoms with Crippen LogP contribution in [0, 0.1) is 0 Å². The molecule has 0 saturated heterocycles. The number of nitrogens with zero attached hydrogens (tertiary/aromatic N) is 3. The van der Waals surface area contributed by atoms with Crippen molar-refractivity contribution < 1.29 is 9.59 Å². The second-order valence-electron chi connectivity index (χ2n) is 5.79. The van der Waals surface area contributed by atoms with E-state index in [0.717, 1.165) is 23.1 Å². The van der Waals surface area contributed by atoms with E-state index >= 15 is 0 Å². The number of nitrogens with two attached hydrogens (primary N) is 1. The average Bonchev–Trinajstić information content (AvgIpc) is 3.01. The van der Waals surface area contributed by atoms with Crippen molar-refractivity contribution in [3.05, 3.63) is 71.2 Å². The average molecular weight is 333 g/mol. The zero-order valence-electron chi connectivity index (χ0n) is 13.3. The molecule has 7 nitrogen and oxygen atoms in total. The standard InChI is InChI=1S/C18H15N5O2/c19-17(24)15-14-6-5-11-3-1-2-4-13(11)16(14)23(21-15)22-18(25)12-7-9-20-10-8-12/h1-4,7-10H,5-6H2,(H2,19,24)(H,22,25). The van der Waals surface area contributed by atoms with Gasteiger partial charge in [-0.05, 0) is 30.5 Å². The van der Waals surface area contributed by atoms with Crippen LogP contribution in [0.15, 0.2) is 48.8 Å². The molecule has 3 N–H and O–H groups in total. The molecule has 7 heteroatoms. The first-order valence-electron chi connectivity index (χ1n) is 7.86. The van der Waals surface area contributed by atoms with Crippen LogP contribution >= 0.6 is 0 Å². The highest BCUT2D eigenvalue weighted by molar-refractivity contribution is 6.01. The summed E-state index contributed by atoms with van der Waals surface area (Å²) in [5, 5.41) is 4.25. The van der Waals surface area contributed by atoms with Gasteiger partial charge >= 0.3 is 0 Å². The van der Waals surface area contributed by atoms with E-state index in [-0.39, 0.29) is 11.6 Å². The van der Waals surface area contributed by atoms with E-state index in [1.807, 2.05) is 24.3 Å². The van der Waals surface area contributed by atoms with Gasteiger partial charge in [0.2, 0.25) is 0 Å². The number of pyridine rings is 1. The van der Waals surface area contributed by atoms with Gasteiger partial charge < -0.3 is 5.73 Å². The van der Waals surface area contributed by atoms with Gasteiger partial charge in [0.05, 0.1) is 5.69 Å². The highest BCUT2D eigenvalue weighted by Gasteiger charge is 2.28. The third kappa shape index (κ3) is 2.55. The summed E-state index contributed by atoms with van der Waals surface area (Å²) in [6.45, 7) is 0. The van der Waals surface area contributed by atoms with Gasteiger partial charge in [-0.2, -0.15) is 4.79 Å². The van der Waals surface area contributed by atoms with Gasteiger partial charge in [-0.3, -0.25) is 14.6 Å². The summed E-state index contributed by atoms with van der Waals surface area (Å²) in [6, 6.07) is 11.1. The number of aromatic nitrogens is 3. The topological polar surface area (TPSA) is 103 Å². The zero-order valence-corrected chi connectivity index (χ0v) is 13.3. The van der Waals surface area contributed by atoms with Crippen LogP contribution < -0.4 is 11.2 Å². The maximum Gasteiger partial charge on any atom is 0.271 e. The molecule has 1 aliphatic rings. The molecule has 1 aromatic carbocycles. The van der Waals surface area contributed by atoms with E-state index in [0.29, 0.717) is 17.7 Å². The van der Waals surface area contributed by atoms with Crippen LogP contribution in [-0.4, -0.2) is 26.7 Å². The van der Waals surface area contributed by atoms with Gasteiger partial charge in [0.15, 0.2) is 5.69 Å². The predicted octanol–water partition coefficient (Wildman–Crippen LogP) is 1.53. The Morgan fingerprint density at radius 2 is 1.84 bits per heavy atom. The summed E-state index contributed by atoms with van der Waals surface area (Å²) >= 11 is 0. The molecule has 2 heterocycles. The number of hydrogen-bond donors (Lipinski definition) is 2. The molecular weight excluding hydrogens is 318 g/mol. The second-order valence-corrected chi connectivity index (χ2v) is 5.79. The largest absolute Gasteiger partial charge is 0.364 e. The molecule has 2 amide bonds. The fourth-order valence-corrected chi connectivity index (χ4v) is 3.14. The van der Waals surface area contributed by atoms with Crippen molar-refractivity contribution in [3.63, 3.8) is 0 Å². The molecule has 0 saturated carbocycles. The Morgan fingerprint density at radius 1 is 1.08 bits per heavy atom. The number of nitrogens with one attached hydrogen (secondary N) is 1. The Bertz CT molecular complexity index is 978. The van der Waals surface area contributed by atoms with Crippen LogP contribution in [0.3, 0.4) is 0 Å². The highest BCUT2D eigenvalue weighted by atomic mass is 16.2. The minimum absolute atomic E-state index is 0.194. The normalized spacial score (nSPS) is 12.2. The second kappa shape index (κ2) is 5.86. The zero-order chi connectivity index (χ0) is 17.4. The Balaban J connectivity index is 1.82. The molecule has 0 atom stereocenters. The van der Waals surface area contributed by atoms with Crippen LogP contribution in [0.5, 0.6) is 0 Å². The number of carbonyl (C=O) groups is 2. The first kappa shape index (κ1) is 15.1. The maximum absolute atomic E-state index is 12.5. The van der Waals surface area contributed by atoms with Gasteiger partial charge in [-0.1, -0.05) is 24.3 Å². The smallest absolute Gasteiger partial charge is 0.271 e. The van der Waals surface area contributed by atoms with E-state index in [9.17, 15) is 9.59 Å². The third-order valence-electron chi connectivity index (χ3n) is 4.28. The van der Waals surface area contributed by atoms with Crippen molar-refractivity contribution in [3.8, 4) is 11.3 Å². The Hall–Kier alpha value is -3.48. The van der Waals surface area contributed by atoms with Crippen LogP contribution in [0.4, 0.5) is 0 Å². The molecule has 4 rings (SSSR count). The summed E-state index contributed by atoms with van der Waals surface area (Å²) in [5.41, 5.74) is 12.4. The molecule has 0 unspecified atom stereocenters. The number of primary amides is 1. The van der Waals surface area contributed by atoms with Gasteiger partial charge in [0, 0.05) is 29.1 Å². The van der Waals surface area contributed by atoms with E-state index in [1.54, 1.807) is 12.1 Å². The predicted molar refractivity (Wildman–Crippen MR) is 91.5 cm³/mol. The highest BCUT2D eigenvalue weighted by Crippen LogP contribution is 2.34. The first-order chi connectivity index (χ1) is 12.1. The van der Waals surface area contributed by atoms with Crippen LogP contribution in [-0.2, 0) is 12.8 Å². The fraction of sp³-hybridized carbons (Fsp3) is 0.111. The lowest BCUT2D eigenvalue weighted by molar-refractivity contribution is 0.0983. The van der Waals surface area contributed by atoms with Crippen LogP contribution in [0.1, 0.15) is 32.0 Å². The summed E-state index contributed by atoms with van der Waals surface area (Å²) in [5.74, 6) is -0.945. The minimum atomic E-state index is -0.604. The molecule has 3 aromatic rings. The lowest BCUT2D eigenvalue weighted by atomic mass is 9.89. The molecule has 0 aliphatic heterocycles. The van der Waals surface area contributed by atoms with Crippen molar-refractivity contribution in [1.29, 1.82) is 0 Å². The lowest BCUT2D eigenvalue weighted by Crippen LogP contribution is -2.25. The Labute approximate surface area is 143 Å². The van der Waals surface area contributed by atoms with Gasteiger partial charge in [0.25, 0.3) is 11.8 Å². The van der Waals surface area contributed by atoms with E-state index in [4.69, 9.17) is 5.73 Å². The lowest BCUT2D eigenvalue weighted by Gasteiger charge is -2.18. The molecule has 25 heavy (non-hydrogen) atoms. The Morgan fingerprint density at radius 3 is 2.60 bits per heavy atom. The molecule has 0 fully saturated rings. The van der Waals surface area contributed by atoms with E-state index in [2.05, 4.69) is 15.5 Å². The van der Waals surface area contributed by atoms with Crippen molar-refractivity contribution in [1.82, 2.24) is 14.9 Å². The number of fused-ring (bicyclic) bond motifs is 3.